The number of hydrogen-bond donors (Lipinski definition) is 1. The molecule has 1 atom stereocenters. The van der Waals surface area contributed by atoms with Gasteiger partial charge in [0, 0.05) is 32.3 Å². The fraction of sp³-hybridized carbons (Fsp3) is 0.688. The molecular weight excluding hydrogens is 332 g/mol. The zero-order chi connectivity index (χ0) is 17.2. The van der Waals surface area contributed by atoms with E-state index in [1.165, 1.54) is 10.4 Å². The minimum atomic E-state index is -3.58. The smallest absolute Gasteiger partial charge is 0.287 e. The summed E-state index contributed by atoms with van der Waals surface area (Å²) in [7, 11) is -3.58. The van der Waals surface area contributed by atoms with Crippen LogP contribution in [-0.2, 0) is 14.8 Å². The van der Waals surface area contributed by atoms with Gasteiger partial charge in [-0.1, -0.05) is 0 Å². The van der Waals surface area contributed by atoms with Gasteiger partial charge in [-0.05, 0) is 39.0 Å². The Morgan fingerprint density at radius 2 is 2.08 bits per heavy atom. The number of sulfonamides is 1. The molecule has 1 N–H and O–H groups in total. The van der Waals surface area contributed by atoms with E-state index in [0.717, 1.165) is 38.7 Å². The number of aryl methyl sites for hydroxylation is 1. The predicted octanol–water partition coefficient (Wildman–Crippen LogP) is 1.67. The summed E-state index contributed by atoms with van der Waals surface area (Å²) in [6.07, 6.45) is 4.78. The van der Waals surface area contributed by atoms with Crippen LogP contribution in [0.4, 0.5) is 0 Å². The highest BCUT2D eigenvalue weighted by atomic mass is 32.2. The summed E-state index contributed by atoms with van der Waals surface area (Å²) in [5, 5.41) is 2.77. The Hall–Kier alpha value is -1.38. The van der Waals surface area contributed by atoms with E-state index in [1.54, 1.807) is 6.92 Å². The van der Waals surface area contributed by atoms with Gasteiger partial charge in [-0.3, -0.25) is 4.79 Å². The number of hydrogen-bond acceptors (Lipinski definition) is 5. The second-order valence-electron chi connectivity index (χ2n) is 6.32. The lowest BCUT2D eigenvalue weighted by Crippen LogP contribution is -2.28. The van der Waals surface area contributed by atoms with Crippen LogP contribution < -0.4 is 5.32 Å². The molecule has 24 heavy (non-hydrogen) atoms. The van der Waals surface area contributed by atoms with Gasteiger partial charge in [0.2, 0.25) is 10.0 Å². The summed E-state index contributed by atoms with van der Waals surface area (Å²) < 4.78 is 37.5. The van der Waals surface area contributed by atoms with Crippen LogP contribution in [0.5, 0.6) is 0 Å². The SMILES string of the molecule is Cc1oc(C(=O)NCC[C@@H]2CCCO2)cc1S(=O)(=O)N1CCCC1. The summed E-state index contributed by atoms with van der Waals surface area (Å²) in [5.74, 6) is -0.0947. The van der Waals surface area contributed by atoms with Crippen molar-refractivity contribution in [2.75, 3.05) is 26.2 Å². The summed E-state index contributed by atoms with van der Waals surface area (Å²) in [4.78, 5) is 12.3. The highest BCUT2D eigenvalue weighted by Gasteiger charge is 2.31. The number of furan rings is 1. The molecule has 134 valence electrons. The molecule has 0 unspecified atom stereocenters. The van der Waals surface area contributed by atoms with Crippen LogP contribution in [-0.4, -0.2) is 51.0 Å². The number of carbonyl (C=O) groups excluding carboxylic acids is 1. The molecule has 3 heterocycles. The summed E-state index contributed by atoms with van der Waals surface area (Å²) >= 11 is 0. The van der Waals surface area contributed by atoms with Crippen LogP contribution >= 0.6 is 0 Å². The number of carbonyl (C=O) groups is 1. The van der Waals surface area contributed by atoms with Crippen LogP contribution in [0.2, 0.25) is 0 Å². The molecule has 0 radical (unpaired) electrons. The fourth-order valence-corrected chi connectivity index (χ4v) is 4.88. The van der Waals surface area contributed by atoms with Gasteiger partial charge < -0.3 is 14.5 Å². The second-order valence-corrected chi connectivity index (χ2v) is 8.23. The minimum absolute atomic E-state index is 0.0395. The first-order valence-corrected chi connectivity index (χ1v) is 9.93. The Bertz CT molecular complexity index is 685. The molecule has 8 heteroatoms. The molecule has 7 nitrogen and oxygen atoms in total. The van der Waals surface area contributed by atoms with Gasteiger partial charge in [-0.2, -0.15) is 4.31 Å². The molecule has 2 fully saturated rings. The van der Waals surface area contributed by atoms with Crippen LogP contribution in [0.1, 0.15) is 48.4 Å². The van der Waals surface area contributed by atoms with Crippen molar-refractivity contribution in [1.29, 1.82) is 0 Å². The van der Waals surface area contributed by atoms with E-state index in [-0.39, 0.29) is 28.4 Å². The molecule has 1 aromatic rings. The van der Waals surface area contributed by atoms with Gasteiger partial charge in [0.05, 0.1) is 6.10 Å². The third-order valence-electron chi connectivity index (χ3n) is 4.55. The Labute approximate surface area is 142 Å². The minimum Gasteiger partial charge on any atom is -0.455 e. The molecule has 2 aliphatic heterocycles. The number of rotatable bonds is 6. The van der Waals surface area contributed by atoms with Crippen LogP contribution in [0.3, 0.4) is 0 Å². The van der Waals surface area contributed by atoms with E-state index in [1.807, 2.05) is 0 Å². The average Bonchev–Trinajstić information content (AvgIpc) is 3.28. The largest absolute Gasteiger partial charge is 0.455 e. The van der Waals surface area contributed by atoms with Gasteiger partial charge in [-0.15, -0.1) is 0 Å². The number of nitrogens with zero attached hydrogens (tertiary/aromatic N) is 1. The topological polar surface area (TPSA) is 88.8 Å². The quantitative estimate of drug-likeness (QED) is 0.837. The maximum Gasteiger partial charge on any atom is 0.287 e. The van der Waals surface area contributed by atoms with Crippen molar-refractivity contribution in [3.63, 3.8) is 0 Å². The molecule has 3 rings (SSSR count). The van der Waals surface area contributed by atoms with Crippen molar-refractivity contribution in [1.82, 2.24) is 9.62 Å². The summed E-state index contributed by atoms with van der Waals surface area (Å²) in [6, 6.07) is 1.34. The van der Waals surface area contributed by atoms with Crippen molar-refractivity contribution in [2.45, 2.75) is 50.0 Å². The first kappa shape index (κ1) is 17.4. The lowest BCUT2D eigenvalue weighted by atomic mass is 10.2. The molecule has 0 spiro atoms. The molecule has 1 amide bonds. The predicted molar refractivity (Wildman–Crippen MR) is 87.4 cm³/mol. The maximum atomic E-state index is 12.6. The highest BCUT2D eigenvalue weighted by molar-refractivity contribution is 7.89. The van der Waals surface area contributed by atoms with Crippen molar-refractivity contribution in [3.8, 4) is 0 Å². The number of ether oxygens (including phenoxy) is 1. The van der Waals surface area contributed by atoms with Gasteiger partial charge in [-0.25, -0.2) is 8.42 Å². The van der Waals surface area contributed by atoms with E-state index in [4.69, 9.17) is 9.15 Å². The van der Waals surface area contributed by atoms with Crippen LogP contribution in [0, 0.1) is 6.92 Å². The van der Waals surface area contributed by atoms with Gasteiger partial charge in [0.25, 0.3) is 5.91 Å². The first-order valence-electron chi connectivity index (χ1n) is 8.49. The fourth-order valence-electron chi connectivity index (χ4n) is 3.21. The van der Waals surface area contributed by atoms with Gasteiger partial charge in [0.1, 0.15) is 10.7 Å². The van der Waals surface area contributed by atoms with E-state index in [9.17, 15) is 13.2 Å². The van der Waals surface area contributed by atoms with Crippen molar-refractivity contribution >= 4 is 15.9 Å². The monoisotopic (exact) mass is 356 g/mol. The van der Waals surface area contributed by atoms with E-state index in [2.05, 4.69) is 5.32 Å². The third kappa shape index (κ3) is 3.65. The Balaban J connectivity index is 1.63. The lowest BCUT2D eigenvalue weighted by Gasteiger charge is -2.14. The Morgan fingerprint density at radius 3 is 2.75 bits per heavy atom. The molecule has 1 aromatic heterocycles. The van der Waals surface area contributed by atoms with E-state index < -0.39 is 10.0 Å². The third-order valence-corrected chi connectivity index (χ3v) is 6.56. The zero-order valence-corrected chi connectivity index (χ0v) is 14.7. The van der Waals surface area contributed by atoms with Crippen LogP contribution in [0.15, 0.2) is 15.4 Å². The molecule has 2 aliphatic rings. The summed E-state index contributed by atoms with van der Waals surface area (Å²) in [6.45, 7) is 3.89. The van der Waals surface area contributed by atoms with E-state index >= 15 is 0 Å². The standard InChI is InChI=1S/C16H24N2O5S/c1-12-15(24(20,21)18-8-2-3-9-18)11-14(23-12)16(19)17-7-6-13-5-4-10-22-13/h11,13H,2-10H2,1H3,(H,17,19)/t13-/m0/s1. The van der Waals surface area contributed by atoms with Gasteiger partial charge >= 0.3 is 0 Å². The number of amides is 1. The molecule has 0 bridgehead atoms. The normalized spacial score (nSPS) is 22.1. The Morgan fingerprint density at radius 1 is 1.33 bits per heavy atom. The maximum absolute atomic E-state index is 12.6. The summed E-state index contributed by atoms with van der Waals surface area (Å²) in [5.41, 5.74) is 0. The van der Waals surface area contributed by atoms with Crippen molar-refractivity contribution in [2.24, 2.45) is 0 Å². The lowest BCUT2D eigenvalue weighted by molar-refractivity contribution is 0.0883. The zero-order valence-electron chi connectivity index (χ0n) is 13.9. The highest BCUT2D eigenvalue weighted by Crippen LogP contribution is 2.26. The average molecular weight is 356 g/mol. The molecular formula is C16H24N2O5S. The van der Waals surface area contributed by atoms with Crippen molar-refractivity contribution < 1.29 is 22.4 Å². The first-order chi connectivity index (χ1) is 11.5. The van der Waals surface area contributed by atoms with Crippen molar-refractivity contribution in [3.05, 3.63) is 17.6 Å². The van der Waals surface area contributed by atoms with Gasteiger partial charge in [0.15, 0.2) is 5.76 Å². The number of nitrogens with one attached hydrogen (secondary N) is 1. The Kier molecular flexibility index (Phi) is 5.27. The molecule has 0 saturated carbocycles. The molecule has 0 aliphatic carbocycles. The second kappa shape index (κ2) is 7.25. The van der Waals surface area contributed by atoms with Crippen LogP contribution in [0.25, 0.3) is 0 Å². The molecule has 0 aromatic carbocycles. The van der Waals surface area contributed by atoms with E-state index in [0.29, 0.717) is 19.6 Å². The molecule has 2 saturated heterocycles.